The van der Waals surface area contributed by atoms with Crippen LogP contribution in [0.4, 0.5) is 20.3 Å². The minimum absolute atomic E-state index is 0.0542. The van der Waals surface area contributed by atoms with Crippen molar-refractivity contribution in [2.75, 3.05) is 11.9 Å². The number of nitrogens with one attached hydrogen (secondary N) is 3. The highest BCUT2D eigenvalue weighted by atomic mass is 19.1. The Bertz CT molecular complexity index is 1220. The normalized spacial score (nSPS) is 10.9. The van der Waals surface area contributed by atoms with Gasteiger partial charge in [-0.2, -0.15) is 0 Å². The molecule has 7 nitrogen and oxygen atoms in total. The molecule has 0 radical (unpaired) electrons. The van der Waals surface area contributed by atoms with E-state index in [1.807, 2.05) is 6.92 Å². The summed E-state index contributed by atoms with van der Waals surface area (Å²) in [7, 11) is 0. The fourth-order valence-corrected chi connectivity index (χ4v) is 3.10. The van der Waals surface area contributed by atoms with Gasteiger partial charge in [-0.05, 0) is 37.3 Å². The van der Waals surface area contributed by atoms with Crippen LogP contribution in [0.3, 0.4) is 0 Å². The summed E-state index contributed by atoms with van der Waals surface area (Å²) in [5.74, 6) is -1.53. The van der Waals surface area contributed by atoms with E-state index in [0.717, 1.165) is 12.1 Å². The minimum Gasteiger partial charge on any atom is -0.494 e. The first kappa shape index (κ1) is 19.3. The molecule has 0 saturated heterocycles. The molecule has 3 aromatic heterocycles. The topological polar surface area (TPSA) is 103 Å². The van der Waals surface area contributed by atoms with Crippen molar-refractivity contribution >= 4 is 28.3 Å². The number of aromatic hydroxyl groups is 1. The molecule has 0 unspecified atom stereocenters. The number of anilines is 2. The first-order valence-corrected chi connectivity index (χ1v) is 9.14. The summed E-state index contributed by atoms with van der Waals surface area (Å²) in [5.41, 5.74) is 0.825. The molecule has 0 aliphatic carbocycles. The standard InChI is InChI=1S/C21H17F2N5O2/c1-2-24-20(29)11-6-7-17(25-9-11)28-15-8-14(18-12(22)4-3-5-13(18)23)27-16-10-26-21(30)19(15)16/h3-10,26,30H,2H2,1H3,(H,24,29)(H,25,28). The summed E-state index contributed by atoms with van der Waals surface area (Å²) < 4.78 is 28.6. The third-order valence-corrected chi connectivity index (χ3v) is 4.47. The van der Waals surface area contributed by atoms with Crippen LogP contribution in [0.5, 0.6) is 5.88 Å². The number of hydrogen-bond acceptors (Lipinski definition) is 5. The summed E-state index contributed by atoms with van der Waals surface area (Å²) in [6.07, 6.45) is 2.84. The Morgan fingerprint density at radius 3 is 2.63 bits per heavy atom. The molecule has 4 N–H and O–H groups in total. The first-order valence-electron chi connectivity index (χ1n) is 9.14. The maximum Gasteiger partial charge on any atom is 0.252 e. The number of hydrogen-bond donors (Lipinski definition) is 4. The smallest absolute Gasteiger partial charge is 0.252 e. The summed E-state index contributed by atoms with van der Waals surface area (Å²) in [4.78, 5) is 23.0. The molecule has 0 spiro atoms. The molecule has 9 heteroatoms. The molecule has 1 aromatic carbocycles. The maximum atomic E-state index is 14.3. The Hall–Kier alpha value is -4.01. The second-order valence-corrected chi connectivity index (χ2v) is 6.47. The van der Waals surface area contributed by atoms with Gasteiger partial charge in [0, 0.05) is 18.9 Å². The number of carbonyl (C=O) groups excluding carboxylic acids is 1. The van der Waals surface area contributed by atoms with Gasteiger partial charge in [0.05, 0.1) is 33.4 Å². The van der Waals surface area contributed by atoms with Crippen LogP contribution in [0.25, 0.3) is 22.2 Å². The van der Waals surface area contributed by atoms with Crippen LogP contribution in [0, 0.1) is 11.6 Å². The Morgan fingerprint density at radius 1 is 1.20 bits per heavy atom. The fourth-order valence-electron chi connectivity index (χ4n) is 3.10. The van der Waals surface area contributed by atoms with E-state index in [-0.39, 0.29) is 23.0 Å². The summed E-state index contributed by atoms with van der Waals surface area (Å²) >= 11 is 0. The van der Waals surface area contributed by atoms with E-state index in [1.165, 1.54) is 24.5 Å². The number of benzene rings is 1. The van der Waals surface area contributed by atoms with Crippen LogP contribution < -0.4 is 10.6 Å². The molecule has 0 aliphatic rings. The first-order chi connectivity index (χ1) is 14.5. The molecule has 1 amide bonds. The van der Waals surface area contributed by atoms with Gasteiger partial charge in [0.2, 0.25) is 0 Å². The number of pyridine rings is 2. The number of nitrogens with zero attached hydrogens (tertiary/aromatic N) is 2. The zero-order chi connectivity index (χ0) is 21.3. The third kappa shape index (κ3) is 3.52. The number of carbonyl (C=O) groups is 1. The van der Waals surface area contributed by atoms with E-state index < -0.39 is 11.6 Å². The van der Waals surface area contributed by atoms with E-state index in [1.54, 1.807) is 12.1 Å². The van der Waals surface area contributed by atoms with Gasteiger partial charge < -0.3 is 20.7 Å². The van der Waals surface area contributed by atoms with Gasteiger partial charge in [-0.25, -0.2) is 18.7 Å². The van der Waals surface area contributed by atoms with Crippen molar-refractivity contribution in [3.05, 3.63) is 66.0 Å². The Labute approximate surface area is 169 Å². The second-order valence-electron chi connectivity index (χ2n) is 6.47. The van der Waals surface area contributed by atoms with Crippen molar-refractivity contribution in [2.45, 2.75) is 6.92 Å². The van der Waals surface area contributed by atoms with E-state index in [0.29, 0.717) is 34.5 Å². The van der Waals surface area contributed by atoms with Crippen LogP contribution in [0.1, 0.15) is 17.3 Å². The van der Waals surface area contributed by atoms with Gasteiger partial charge in [0.15, 0.2) is 5.88 Å². The molecule has 4 aromatic rings. The van der Waals surface area contributed by atoms with Crippen molar-refractivity contribution in [3.8, 4) is 17.1 Å². The van der Waals surface area contributed by atoms with E-state index in [4.69, 9.17) is 0 Å². The van der Waals surface area contributed by atoms with Crippen molar-refractivity contribution in [2.24, 2.45) is 0 Å². The lowest BCUT2D eigenvalue weighted by atomic mass is 10.1. The lowest BCUT2D eigenvalue weighted by molar-refractivity contribution is 0.0955. The van der Waals surface area contributed by atoms with E-state index >= 15 is 0 Å². The molecule has 30 heavy (non-hydrogen) atoms. The zero-order valence-corrected chi connectivity index (χ0v) is 15.8. The van der Waals surface area contributed by atoms with Gasteiger partial charge in [-0.3, -0.25) is 4.79 Å². The van der Waals surface area contributed by atoms with Crippen LogP contribution in [-0.4, -0.2) is 32.5 Å². The highest BCUT2D eigenvalue weighted by molar-refractivity contribution is 5.99. The van der Waals surface area contributed by atoms with Crippen LogP contribution in [-0.2, 0) is 0 Å². The summed E-state index contributed by atoms with van der Waals surface area (Å²) in [5, 5.41) is 16.2. The highest BCUT2D eigenvalue weighted by Gasteiger charge is 2.18. The summed E-state index contributed by atoms with van der Waals surface area (Å²) in [6, 6.07) is 8.17. The van der Waals surface area contributed by atoms with Crippen LogP contribution in [0.2, 0.25) is 0 Å². The molecular weight excluding hydrogens is 392 g/mol. The van der Waals surface area contributed by atoms with Crippen molar-refractivity contribution in [1.29, 1.82) is 0 Å². The maximum absolute atomic E-state index is 14.3. The predicted octanol–water partition coefficient (Wildman–Crippen LogP) is 4.10. The minimum atomic E-state index is -0.753. The molecule has 3 heterocycles. The molecule has 0 fully saturated rings. The number of aromatic amines is 1. The van der Waals surface area contributed by atoms with Gasteiger partial charge >= 0.3 is 0 Å². The van der Waals surface area contributed by atoms with Crippen molar-refractivity contribution in [3.63, 3.8) is 0 Å². The van der Waals surface area contributed by atoms with Gasteiger partial charge in [-0.1, -0.05) is 6.07 Å². The highest BCUT2D eigenvalue weighted by Crippen LogP contribution is 2.36. The molecule has 0 saturated carbocycles. The van der Waals surface area contributed by atoms with Crippen LogP contribution in [0.15, 0.2) is 48.8 Å². The molecule has 0 aliphatic heterocycles. The SMILES string of the molecule is CCNC(=O)c1ccc(Nc2cc(-c3c(F)cccc3F)nc3c[nH]c(O)c23)nc1. The molecule has 0 atom stereocenters. The Kier molecular flexibility index (Phi) is 5.01. The van der Waals surface area contributed by atoms with E-state index in [2.05, 4.69) is 25.6 Å². The fraction of sp³-hybridized carbons (Fsp3) is 0.0952. The molecule has 4 rings (SSSR count). The number of rotatable bonds is 5. The number of aromatic nitrogens is 3. The van der Waals surface area contributed by atoms with Crippen molar-refractivity contribution in [1.82, 2.24) is 20.3 Å². The lowest BCUT2D eigenvalue weighted by Crippen LogP contribution is -2.22. The number of H-pyrrole nitrogens is 1. The average molecular weight is 409 g/mol. The number of fused-ring (bicyclic) bond motifs is 1. The van der Waals surface area contributed by atoms with Gasteiger partial charge in [0.1, 0.15) is 17.5 Å². The molecule has 152 valence electrons. The number of halogens is 2. The lowest BCUT2D eigenvalue weighted by Gasteiger charge is -2.11. The summed E-state index contributed by atoms with van der Waals surface area (Å²) in [6.45, 7) is 2.31. The molecular formula is C21H17F2N5O2. The largest absolute Gasteiger partial charge is 0.494 e. The monoisotopic (exact) mass is 409 g/mol. The van der Waals surface area contributed by atoms with Gasteiger partial charge in [-0.15, -0.1) is 0 Å². The number of amides is 1. The quantitative estimate of drug-likeness (QED) is 0.397. The van der Waals surface area contributed by atoms with Crippen molar-refractivity contribution < 1.29 is 18.7 Å². The van der Waals surface area contributed by atoms with E-state index in [9.17, 15) is 18.7 Å². The Morgan fingerprint density at radius 2 is 1.97 bits per heavy atom. The molecule has 0 bridgehead atoms. The van der Waals surface area contributed by atoms with Gasteiger partial charge in [0.25, 0.3) is 5.91 Å². The average Bonchev–Trinajstić information content (AvgIpc) is 3.10. The zero-order valence-electron chi connectivity index (χ0n) is 15.8. The second kappa shape index (κ2) is 7.78. The predicted molar refractivity (Wildman–Crippen MR) is 109 cm³/mol. The third-order valence-electron chi connectivity index (χ3n) is 4.47. The Balaban J connectivity index is 1.77. The van der Waals surface area contributed by atoms with Crippen LogP contribution >= 0.6 is 0 Å².